The van der Waals surface area contributed by atoms with Crippen LogP contribution in [0.1, 0.15) is 31.0 Å². The number of rotatable bonds is 5. The molecular weight excluding hydrogens is 316 g/mol. The minimum Gasteiger partial charge on any atom is -0.324 e. The van der Waals surface area contributed by atoms with E-state index >= 15 is 0 Å². The summed E-state index contributed by atoms with van der Waals surface area (Å²) in [5, 5.41) is 15.5. The zero-order valence-corrected chi connectivity index (χ0v) is 14.9. The number of aryl methyl sites for hydroxylation is 3. The van der Waals surface area contributed by atoms with Gasteiger partial charge in [0, 0.05) is 18.4 Å². The Morgan fingerprint density at radius 3 is 2.64 bits per heavy atom. The van der Waals surface area contributed by atoms with Crippen LogP contribution >= 0.6 is 0 Å². The summed E-state index contributed by atoms with van der Waals surface area (Å²) in [5.41, 5.74) is 4.50. The van der Waals surface area contributed by atoms with Gasteiger partial charge in [0.2, 0.25) is 5.91 Å². The average Bonchev–Trinajstić information content (AvgIpc) is 3.25. The maximum Gasteiger partial charge on any atom is 0.249 e. The van der Waals surface area contributed by atoms with Crippen LogP contribution in [0.5, 0.6) is 0 Å². The van der Waals surface area contributed by atoms with Crippen molar-refractivity contribution in [2.45, 2.75) is 40.3 Å². The van der Waals surface area contributed by atoms with Crippen molar-refractivity contribution >= 4 is 11.6 Å². The maximum absolute atomic E-state index is 12.6. The molecule has 0 saturated carbocycles. The van der Waals surface area contributed by atoms with Gasteiger partial charge in [-0.05, 0) is 44.9 Å². The quantitative estimate of drug-likeness (QED) is 0.776. The molecule has 7 heteroatoms. The minimum atomic E-state index is -0.474. The van der Waals surface area contributed by atoms with Crippen molar-refractivity contribution in [2.75, 3.05) is 5.32 Å². The van der Waals surface area contributed by atoms with Crippen LogP contribution in [0, 0.1) is 13.8 Å². The molecule has 0 saturated heterocycles. The molecule has 25 heavy (non-hydrogen) atoms. The van der Waals surface area contributed by atoms with Crippen molar-refractivity contribution < 1.29 is 4.79 Å². The molecule has 0 bridgehead atoms. The molecule has 1 amide bonds. The van der Waals surface area contributed by atoms with Gasteiger partial charge in [0.05, 0.1) is 11.9 Å². The van der Waals surface area contributed by atoms with E-state index in [9.17, 15) is 4.79 Å². The summed E-state index contributed by atoms with van der Waals surface area (Å²) in [4.78, 5) is 12.6. The Bertz CT molecular complexity index is 874. The van der Waals surface area contributed by atoms with E-state index in [0.29, 0.717) is 5.69 Å². The fourth-order valence-electron chi connectivity index (χ4n) is 2.75. The molecule has 2 heterocycles. The number of nitrogens with zero attached hydrogens (tertiary/aromatic N) is 5. The van der Waals surface area contributed by atoms with Crippen molar-refractivity contribution in [3.05, 3.63) is 47.8 Å². The summed E-state index contributed by atoms with van der Waals surface area (Å²) in [6, 6.07) is 7.35. The van der Waals surface area contributed by atoms with Crippen LogP contribution in [0.25, 0.3) is 11.4 Å². The van der Waals surface area contributed by atoms with E-state index in [0.717, 1.165) is 29.1 Å². The standard InChI is InChI=1S/C18H22N6O/c1-5-23-16(9-10-19-23)15-11-24(22-21-15)14(4)18(25)20-17-12(2)7-6-8-13(17)3/h6-11,14H,5H2,1-4H3,(H,20,25). The van der Waals surface area contributed by atoms with Crippen LogP contribution in [-0.2, 0) is 11.3 Å². The molecule has 0 spiro atoms. The largest absolute Gasteiger partial charge is 0.324 e. The van der Waals surface area contributed by atoms with Gasteiger partial charge in [-0.3, -0.25) is 9.48 Å². The van der Waals surface area contributed by atoms with Crippen molar-refractivity contribution in [1.82, 2.24) is 24.8 Å². The number of nitrogens with one attached hydrogen (secondary N) is 1. The van der Waals surface area contributed by atoms with Crippen molar-refractivity contribution in [1.29, 1.82) is 0 Å². The fourth-order valence-corrected chi connectivity index (χ4v) is 2.75. The Morgan fingerprint density at radius 2 is 1.96 bits per heavy atom. The summed E-state index contributed by atoms with van der Waals surface area (Å²) < 4.78 is 3.42. The lowest BCUT2D eigenvalue weighted by molar-refractivity contribution is -0.119. The monoisotopic (exact) mass is 338 g/mol. The molecule has 7 nitrogen and oxygen atoms in total. The van der Waals surface area contributed by atoms with Crippen LogP contribution in [0.15, 0.2) is 36.7 Å². The van der Waals surface area contributed by atoms with Gasteiger partial charge in [-0.2, -0.15) is 5.10 Å². The molecule has 1 unspecified atom stereocenters. The third-order valence-corrected chi connectivity index (χ3v) is 4.29. The first-order valence-electron chi connectivity index (χ1n) is 8.32. The number of carbonyl (C=O) groups excluding carboxylic acids is 1. The summed E-state index contributed by atoms with van der Waals surface area (Å²) in [6.45, 7) is 8.53. The van der Waals surface area contributed by atoms with Gasteiger partial charge in [0.25, 0.3) is 0 Å². The highest BCUT2D eigenvalue weighted by Crippen LogP contribution is 2.22. The van der Waals surface area contributed by atoms with Crippen molar-refractivity contribution in [2.24, 2.45) is 0 Å². The molecule has 1 aromatic carbocycles. The summed E-state index contributed by atoms with van der Waals surface area (Å²) >= 11 is 0. The lowest BCUT2D eigenvalue weighted by Crippen LogP contribution is -2.24. The van der Waals surface area contributed by atoms with Crippen molar-refractivity contribution in [3.8, 4) is 11.4 Å². The third kappa shape index (κ3) is 3.31. The normalized spacial score (nSPS) is 12.2. The van der Waals surface area contributed by atoms with Gasteiger partial charge in [-0.25, -0.2) is 4.68 Å². The average molecular weight is 338 g/mol. The first-order chi connectivity index (χ1) is 12.0. The highest BCUT2D eigenvalue weighted by atomic mass is 16.2. The van der Waals surface area contributed by atoms with Crippen LogP contribution < -0.4 is 5.32 Å². The number of hydrogen-bond donors (Lipinski definition) is 1. The fraction of sp³-hybridized carbons (Fsp3) is 0.333. The van der Waals surface area contributed by atoms with E-state index < -0.39 is 6.04 Å². The number of anilines is 1. The highest BCUT2D eigenvalue weighted by molar-refractivity contribution is 5.94. The van der Waals surface area contributed by atoms with E-state index in [1.807, 2.05) is 49.7 Å². The summed E-state index contributed by atoms with van der Waals surface area (Å²) in [7, 11) is 0. The molecule has 2 aromatic heterocycles. The number of carbonyl (C=O) groups is 1. The topological polar surface area (TPSA) is 77.6 Å². The van der Waals surface area contributed by atoms with E-state index in [-0.39, 0.29) is 5.91 Å². The molecule has 1 atom stereocenters. The van der Waals surface area contributed by atoms with E-state index in [2.05, 4.69) is 20.7 Å². The molecule has 0 aliphatic heterocycles. The second kappa shape index (κ2) is 6.88. The van der Waals surface area contributed by atoms with Gasteiger partial charge in [-0.1, -0.05) is 23.4 Å². The Morgan fingerprint density at radius 1 is 1.24 bits per heavy atom. The molecule has 0 radical (unpaired) electrons. The zero-order chi connectivity index (χ0) is 18.0. The van der Waals surface area contributed by atoms with Crippen LogP contribution in [-0.4, -0.2) is 30.7 Å². The second-order valence-electron chi connectivity index (χ2n) is 6.05. The Kier molecular flexibility index (Phi) is 4.65. The molecular formula is C18H22N6O. The minimum absolute atomic E-state index is 0.127. The Labute approximate surface area is 146 Å². The number of para-hydroxylation sites is 1. The molecule has 0 aliphatic carbocycles. The van der Waals surface area contributed by atoms with Crippen LogP contribution in [0.4, 0.5) is 5.69 Å². The van der Waals surface area contributed by atoms with E-state index in [4.69, 9.17) is 0 Å². The first-order valence-corrected chi connectivity index (χ1v) is 8.32. The molecule has 3 rings (SSSR count). The zero-order valence-electron chi connectivity index (χ0n) is 14.9. The van der Waals surface area contributed by atoms with Gasteiger partial charge >= 0.3 is 0 Å². The molecule has 0 aliphatic rings. The molecule has 1 N–H and O–H groups in total. The lowest BCUT2D eigenvalue weighted by atomic mass is 10.1. The Balaban J connectivity index is 1.79. The number of amides is 1. The van der Waals surface area contributed by atoms with E-state index in [1.165, 1.54) is 0 Å². The van der Waals surface area contributed by atoms with Gasteiger partial charge < -0.3 is 5.32 Å². The first kappa shape index (κ1) is 16.9. The predicted molar refractivity (Wildman–Crippen MR) is 96.2 cm³/mol. The molecule has 3 aromatic rings. The van der Waals surface area contributed by atoms with Gasteiger partial charge in [0.1, 0.15) is 11.7 Å². The second-order valence-corrected chi connectivity index (χ2v) is 6.05. The highest BCUT2D eigenvalue weighted by Gasteiger charge is 2.19. The molecule has 0 fully saturated rings. The third-order valence-electron chi connectivity index (χ3n) is 4.29. The summed E-state index contributed by atoms with van der Waals surface area (Å²) in [6.07, 6.45) is 3.51. The van der Waals surface area contributed by atoms with Crippen molar-refractivity contribution in [3.63, 3.8) is 0 Å². The van der Waals surface area contributed by atoms with E-state index in [1.54, 1.807) is 24.0 Å². The SMILES string of the molecule is CCn1nccc1-c1cn(C(C)C(=O)Nc2c(C)cccc2C)nn1. The summed E-state index contributed by atoms with van der Waals surface area (Å²) in [5.74, 6) is -0.127. The number of hydrogen-bond acceptors (Lipinski definition) is 4. The van der Waals surface area contributed by atoms with Crippen LogP contribution in [0.2, 0.25) is 0 Å². The smallest absolute Gasteiger partial charge is 0.249 e. The maximum atomic E-state index is 12.6. The predicted octanol–water partition coefficient (Wildman–Crippen LogP) is 2.98. The van der Waals surface area contributed by atoms with Gasteiger partial charge in [0.15, 0.2) is 0 Å². The molecule has 130 valence electrons. The number of benzene rings is 1. The Hall–Kier alpha value is -2.96. The van der Waals surface area contributed by atoms with Crippen LogP contribution in [0.3, 0.4) is 0 Å². The lowest BCUT2D eigenvalue weighted by Gasteiger charge is -2.15. The van der Waals surface area contributed by atoms with Gasteiger partial charge in [-0.15, -0.1) is 5.10 Å². The number of aromatic nitrogens is 5.